The highest BCUT2D eigenvalue weighted by Gasteiger charge is 2.22. The van der Waals surface area contributed by atoms with Crippen molar-refractivity contribution in [2.45, 2.75) is 31.4 Å². The molecule has 1 aromatic heterocycles. The molecule has 0 N–H and O–H groups in total. The van der Waals surface area contributed by atoms with Crippen LogP contribution in [0.4, 0.5) is 0 Å². The van der Waals surface area contributed by atoms with Crippen LogP contribution in [0.3, 0.4) is 0 Å². The lowest BCUT2D eigenvalue weighted by atomic mass is 9.94. The maximum atomic E-state index is 12.5. The third-order valence-corrected chi connectivity index (χ3v) is 7.91. The topological polar surface area (TPSA) is 73.3 Å². The van der Waals surface area contributed by atoms with E-state index in [-0.39, 0.29) is 5.97 Å². The standard InChI is InChI=1S/C29H29NO4S/c1-4-27(35(3,32)33)25-18-24-12-7-15-30-29(24)26(19-25)23-11-6-10-22(17-23)21-9-5-8-20(16-21)13-14-28(31)34-2/h5-12,15-19,27H,4,13-14H2,1-3H3. The monoisotopic (exact) mass is 487 g/mol. The first-order chi connectivity index (χ1) is 16.8. The third kappa shape index (κ3) is 5.60. The van der Waals surface area contributed by atoms with Crippen molar-refractivity contribution in [3.05, 3.63) is 90.1 Å². The zero-order chi connectivity index (χ0) is 25.0. The second-order valence-electron chi connectivity index (χ2n) is 8.73. The Morgan fingerprint density at radius 1 is 0.943 bits per heavy atom. The predicted molar refractivity (Wildman–Crippen MR) is 141 cm³/mol. The van der Waals surface area contributed by atoms with Crippen LogP contribution in [0.1, 0.15) is 36.1 Å². The number of fused-ring (bicyclic) bond motifs is 1. The Labute approximate surface area is 206 Å². The van der Waals surface area contributed by atoms with Gasteiger partial charge < -0.3 is 4.74 Å². The van der Waals surface area contributed by atoms with Crippen molar-refractivity contribution in [2.75, 3.05) is 13.4 Å². The number of hydrogen-bond donors (Lipinski definition) is 0. The molecule has 0 aliphatic carbocycles. The molecule has 0 saturated carbocycles. The van der Waals surface area contributed by atoms with Crippen LogP contribution in [0, 0.1) is 0 Å². The minimum Gasteiger partial charge on any atom is -0.469 e. The van der Waals surface area contributed by atoms with Crippen LogP contribution in [0.2, 0.25) is 0 Å². The van der Waals surface area contributed by atoms with E-state index in [4.69, 9.17) is 4.74 Å². The molecule has 3 aromatic carbocycles. The quantitative estimate of drug-likeness (QED) is 0.278. The van der Waals surface area contributed by atoms with Gasteiger partial charge in [0.15, 0.2) is 9.84 Å². The minimum atomic E-state index is -3.26. The second kappa shape index (κ2) is 10.4. The maximum absolute atomic E-state index is 12.5. The zero-order valence-electron chi connectivity index (χ0n) is 20.2. The summed E-state index contributed by atoms with van der Waals surface area (Å²) in [6.45, 7) is 1.90. The normalized spacial score (nSPS) is 12.4. The molecular weight excluding hydrogens is 458 g/mol. The summed E-state index contributed by atoms with van der Waals surface area (Å²) in [5.41, 5.74) is 6.63. The van der Waals surface area contributed by atoms with Crippen molar-refractivity contribution >= 4 is 26.7 Å². The first-order valence-electron chi connectivity index (χ1n) is 11.6. The number of benzene rings is 3. The Bertz CT molecular complexity index is 1480. The average Bonchev–Trinajstić information content (AvgIpc) is 2.86. The van der Waals surface area contributed by atoms with Crippen molar-refractivity contribution in [2.24, 2.45) is 0 Å². The SMILES string of the molecule is CCC(c1cc(-c2cccc(-c3cccc(CCC(=O)OC)c3)c2)c2ncccc2c1)S(C)(=O)=O. The summed E-state index contributed by atoms with van der Waals surface area (Å²) < 4.78 is 29.7. The van der Waals surface area contributed by atoms with Gasteiger partial charge in [0, 0.05) is 29.8 Å². The molecule has 1 unspecified atom stereocenters. The molecule has 0 spiro atoms. The molecule has 0 saturated heterocycles. The molecule has 0 amide bonds. The van der Waals surface area contributed by atoms with Crippen LogP contribution in [-0.4, -0.2) is 32.7 Å². The van der Waals surface area contributed by atoms with Gasteiger partial charge in [0.2, 0.25) is 0 Å². The minimum absolute atomic E-state index is 0.226. The Hall–Kier alpha value is -3.51. The van der Waals surface area contributed by atoms with E-state index in [9.17, 15) is 13.2 Å². The van der Waals surface area contributed by atoms with Crippen LogP contribution in [-0.2, 0) is 25.8 Å². The molecule has 4 aromatic rings. The lowest BCUT2D eigenvalue weighted by molar-refractivity contribution is -0.140. The largest absolute Gasteiger partial charge is 0.469 e. The summed E-state index contributed by atoms with van der Waals surface area (Å²) in [6, 6.07) is 24.1. The molecule has 0 aliphatic heterocycles. The lowest BCUT2D eigenvalue weighted by Gasteiger charge is -2.17. The van der Waals surface area contributed by atoms with Crippen LogP contribution in [0.15, 0.2) is 79.0 Å². The fourth-order valence-corrected chi connectivity index (χ4v) is 5.76. The van der Waals surface area contributed by atoms with Crippen molar-refractivity contribution in [1.82, 2.24) is 4.98 Å². The zero-order valence-corrected chi connectivity index (χ0v) is 21.0. The predicted octanol–water partition coefficient (Wildman–Crippen LogP) is 6.17. The number of ether oxygens (including phenoxy) is 1. The molecule has 1 atom stereocenters. The van der Waals surface area contributed by atoms with E-state index in [1.807, 2.05) is 67.6 Å². The Morgan fingerprint density at radius 2 is 1.66 bits per heavy atom. The molecule has 1 heterocycles. The summed E-state index contributed by atoms with van der Waals surface area (Å²) >= 11 is 0. The Morgan fingerprint density at radius 3 is 2.37 bits per heavy atom. The van der Waals surface area contributed by atoms with Gasteiger partial charge in [-0.25, -0.2) is 8.42 Å². The van der Waals surface area contributed by atoms with Gasteiger partial charge in [0.25, 0.3) is 0 Å². The molecule has 35 heavy (non-hydrogen) atoms. The fraction of sp³-hybridized carbons (Fsp3) is 0.241. The first-order valence-corrected chi connectivity index (χ1v) is 13.6. The van der Waals surface area contributed by atoms with Gasteiger partial charge in [-0.15, -0.1) is 0 Å². The molecule has 6 heteroatoms. The average molecular weight is 488 g/mol. The van der Waals surface area contributed by atoms with Crippen molar-refractivity contribution in [1.29, 1.82) is 0 Å². The molecule has 0 fully saturated rings. The van der Waals surface area contributed by atoms with Crippen molar-refractivity contribution in [3.8, 4) is 22.3 Å². The number of pyridine rings is 1. The number of carbonyl (C=O) groups is 1. The number of methoxy groups -OCH3 is 1. The van der Waals surface area contributed by atoms with Gasteiger partial charge >= 0.3 is 5.97 Å². The summed E-state index contributed by atoms with van der Waals surface area (Å²) in [6.07, 6.45) is 4.50. The van der Waals surface area contributed by atoms with Gasteiger partial charge in [-0.2, -0.15) is 0 Å². The third-order valence-electron chi connectivity index (χ3n) is 6.27. The van der Waals surface area contributed by atoms with Gasteiger partial charge in [0.1, 0.15) is 0 Å². The van der Waals surface area contributed by atoms with Gasteiger partial charge in [0.05, 0.1) is 17.9 Å². The van der Waals surface area contributed by atoms with E-state index in [0.717, 1.165) is 44.3 Å². The molecule has 4 rings (SSSR count). The lowest BCUT2D eigenvalue weighted by Crippen LogP contribution is -2.10. The highest BCUT2D eigenvalue weighted by molar-refractivity contribution is 7.90. The van der Waals surface area contributed by atoms with Crippen LogP contribution < -0.4 is 0 Å². The summed E-state index contributed by atoms with van der Waals surface area (Å²) in [7, 11) is -1.86. The van der Waals surface area contributed by atoms with E-state index < -0.39 is 15.1 Å². The van der Waals surface area contributed by atoms with E-state index in [2.05, 4.69) is 17.1 Å². The summed E-state index contributed by atoms with van der Waals surface area (Å²) in [4.78, 5) is 16.2. The van der Waals surface area contributed by atoms with E-state index in [1.165, 1.54) is 13.4 Å². The molecule has 0 radical (unpaired) electrons. The number of esters is 1. The molecule has 5 nitrogen and oxygen atoms in total. The van der Waals surface area contributed by atoms with Crippen LogP contribution >= 0.6 is 0 Å². The van der Waals surface area contributed by atoms with Gasteiger partial charge in [-0.1, -0.05) is 55.5 Å². The van der Waals surface area contributed by atoms with Crippen LogP contribution in [0.5, 0.6) is 0 Å². The second-order valence-corrected chi connectivity index (χ2v) is 11.0. The highest BCUT2D eigenvalue weighted by Crippen LogP contribution is 2.36. The molecule has 180 valence electrons. The molecule has 0 bridgehead atoms. The number of sulfone groups is 1. The van der Waals surface area contributed by atoms with E-state index in [1.54, 1.807) is 6.20 Å². The van der Waals surface area contributed by atoms with Gasteiger partial charge in [-0.05, 0) is 64.9 Å². The summed E-state index contributed by atoms with van der Waals surface area (Å²) in [5.74, 6) is -0.226. The van der Waals surface area contributed by atoms with Crippen molar-refractivity contribution < 1.29 is 17.9 Å². The van der Waals surface area contributed by atoms with Crippen LogP contribution in [0.25, 0.3) is 33.2 Å². The number of aryl methyl sites for hydroxylation is 1. The maximum Gasteiger partial charge on any atom is 0.305 e. The molecule has 0 aliphatic rings. The number of rotatable bonds is 8. The highest BCUT2D eigenvalue weighted by atomic mass is 32.2. The first kappa shape index (κ1) is 24.6. The molecular formula is C29H29NO4S. The van der Waals surface area contributed by atoms with Gasteiger partial charge in [-0.3, -0.25) is 9.78 Å². The van der Waals surface area contributed by atoms with E-state index in [0.29, 0.717) is 19.3 Å². The Kier molecular flexibility index (Phi) is 7.31. The summed E-state index contributed by atoms with van der Waals surface area (Å²) in [5, 5.41) is 0.345. The van der Waals surface area contributed by atoms with Crippen molar-refractivity contribution in [3.63, 3.8) is 0 Å². The number of hydrogen-bond acceptors (Lipinski definition) is 5. The fourth-order valence-electron chi connectivity index (χ4n) is 4.53. The number of carbonyl (C=O) groups excluding carboxylic acids is 1. The smallest absolute Gasteiger partial charge is 0.305 e. The number of aromatic nitrogens is 1. The number of nitrogens with zero attached hydrogens (tertiary/aromatic N) is 1. The Balaban J connectivity index is 1.79. The van der Waals surface area contributed by atoms with E-state index >= 15 is 0 Å².